The van der Waals surface area contributed by atoms with Gasteiger partial charge in [-0.05, 0) is 44.4 Å². The molecule has 144 valence electrons. The average Bonchev–Trinajstić information content (AvgIpc) is 3.19. The van der Waals surface area contributed by atoms with Gasteiger partial charge in [0.05, 0.1) is 11.8 Å². The van der Waals surface area contributed by atoms with Gasteiger partial charge in [0, 0.05) is 25.0 Å². The second-order valence-corrected chi connectivity index (χ2v) is 6.14. The molecule has 9 heteroatoms. The molecule has 0 radical (unpaired) electrons. The van der Waals surface area contributed by atoms with Crippen molar-refractivity contribution >= 4 is 30.7 Å². The summed E-state index contributed by atoms with van der Waals surface area (Å²) >= 11 is 0. The number of hydrogen-bond acceptors (Lipinski definition) is 5. The van der Waals surface area contributed by atoms with Crippen LogP contribution < -0.4 is 11.1 Å². The number of hydrogen-bond donors (Lipinski definition) is 2. The van der Waals surface area contributed by atoms with Gasteiger partial charge in [-0.2, -0.15) is 5.10 Å². The number of rotatable bonds is 5. The summed E-state index contributed by atoms with van der Waals surface area (Å²) in [6.45, 7) is 4.83. The molecular weight excluding hydrogens is 377 g/mol. The Morgan fingerprint density at radius 3 is 2.65 bits per heavy atom. The van der Waals surface area contributed by atoms with E-state index in [1.165, 1.54) is 0 Å². The Balaban J connectivity index is 0.00000169. The van der Waals surface area contributed by atoms with Gasteiger partial charge in [-0.1, -0.05) is 6.07 Å². The summed E-state index contributed by atoms with van der Waals surface area (Å²) in [7, 11) is 0. The van der Waals surface area contributed by atoms with Crippen molar-refractivity contribution in [1.82, 2.24) is 20.1 Å². The maximum atomic E-state index is 12.1. The van der Waals surface area contributed by atoms with E-state index >= 15 is 0 Å². The van der Waals surface area contributed by atoms with Gasteiger partial charge in [-0.25, -0.2) is 9.67 Å². The van der Waals surface area contributed by atoms with E-state index in [0.717, 1.165) is 35.6 Å². The number of carbonyl (C=O) groups is 1. The van der Waals surface area contributed by atoms with Gasteiger partial charge in [-0.15, -0.1) is 24.8 Å². The first-order chi connectivity index (χ1) is 11.6. The second kappa shape index (κ2) is 9.87. The smallest absolute Gasteiger partial charge is 0.249 e. The highest BCUT2D eigenvalue weighted by Crippen LogP contribution is 2.19. The summed E-state index contributed by atoms with van der Waals surface area (Å²) in [5, 5.41) is 7.30. The zero-order chi connectivity index (χ0) is 17.1. The number of nitrogens with zero attached hydrogens (tertiary/aromatic N) is 3. The van der Waals surface area contributed by atoms with Crippen molar-refractivity contribution in [3.63, 3.8) is 0 Å². The van der Waals surface area contributed by atoms with Crippen molar-refractivity contribution < 1.29 is 9.53 Å². The Bertz CT molecular complexity index is 720. The maximum Gasteiger partial charge on any atom is 0.249 e. The van der Waals surface area contributed by atoms with Crippen molar-refractivity contribution in [2.45, 2.75) is 45.4 Å². The minimum Gasteiger partial charge on any atom is -0.364 e. The fourth-order valence-electron chi connectivity index (χ4n) is 2.88. The van der Waals surface area contributed by atoms with Gasteiger partial charge >= 0.3 is 0 Å². The molecule has 3 rings (SSSR count). The Morgan fingerprint density at radius 1 is 1.35 bits per heavy atom. The lowest BCUT2D eigenvalue weighted by Crippen LogP contribution is -2.35. The Kier molecular flexibility index (Phi) is 8.49. The quantitative estimate of drug-likeness (QED) is 0.796. The third kappa shape index (κ3) is 5.17. The number of halogens is 2. The molecule has 1 amide bonds. The van der Waals surface area contributed by atoms with E-state index in [1.807, 2.05) is 32.0 Å². The molecular formula is C17H25Cl2N5O2. The highest BCUT2D eigenvalue weighted by molar-refractivity contribution is 5.85. The monoisotopic (exact) mass is 401 g/mol. The molecule has 0 saturated carbocycles. The number of pyridine rings is 1. The van der Waals surface area contributed by atoms with Crippen molar-refractivity contribution in [2.75, 3.05) is 6.54 Å². The van der Waals surface area contributed by atoms with E-state index in [9.17, 15) is 4.79 Å². The van der Waals surface area contributed by atoms with E-state index in [1.54, 1.807) is 10.9 Å². The van der Waals surface area contributed by atoms with Gasteiger partial charge in [0.15, 0.2) is 5.82 Å². The molecule has 1 fully saturated rings. The molecule has 7 nitrogen and oxygen atoms in total. The molecule has 0 bridgehead atoms. The number of aryl methyl sites for hydroxylation is 2. The summed E-state index contributed by atoms with van der Waals surface area (Å²) < 4.78 is 7.39. The third-order valence-corrected chi connectivity index (χ3v) is 4.17. The first kappa shape index (κ1) is 22.4. The zero-order valence-electron chi connectivity index (χ0n) is 14.8. The number of nitrogens with two attached hydrogens (primary N) is 1. The molecule has 0 aliphatic carbocycles. The van der Waals surface area contributed by atoms with Crippen LogP contribution in [0, 0.1) is 13.8 Å². The molecule has 1 saturated heterocycles. The van der Waals surface area contributed by atoms with E-state index in [4.69, 9.17) is 10.5 Å². The fraction of sp³-hybridized carbons (Fsp3) is 0.471. The molecule has 1 aliphatic heterocycles. The number of ether oxygens (including phenoxy) is 1. The van der Waals surface area contributed by atoms with E-state index in [0.29, 0.717) is 13.1 Å². The molecule has 1 aliphatic rings. The number of nitrogens with one attached hydrogen (secondary N) is 1. The summed E-state index contributed by atoms with van der Waals surface area (Å²) in [4.78, 5) is 16.5. The van der Waals surface area contributed by atoms with Crippen LogP contribution in [0.1, 0.15) is 29.8 Å². The highest BCUT2D eigenvalue weighted by Gasteiger charge is 2.29. The van der Waals surface area contributed by atoms with Gasteiger partial charge < -0.3 is 15.8 Å². The van der Waals surface area contributed by atoms with Crippen molar-refractivity contribution in [2.24, 2.45) is 5.73 Å². The molecule has 2 atom stereocenters. The van der Waals surface area contributed by atoms with Gasteiger partial charge in [0.25, 0.3) is 0 Å². The van der Waals surface area contributed by atoms with Crippen LogP contribution in [0.25, 0.3) is 5.82 Å². The highest BCUT2D eigenvalue weighted by atomic mass is 35.5. The predicted octanol–water partition coefficient (Wildman–Crippen LogP) is 1.85. The molecule has 0 unspecified atom stereocenters. The molecule has 0 aromatic carbocycles. The number of carbonyl (C=O) groups excluding carboxylic acids is 1. The van der Waals surface area contributed by atoms with Crippen LogP contribution >= 0.6 is 24.8 Å². The SMILES string of the molecule is Cc1cc(C)n(-c2ccc(CNC(=O)[C@@H]3CC[C@H](CN)O3)cn2)n1.Cl.Cl. The summed E-state index contributed by atoms with van der Waals surface area (Å²) in [5.74, 6) is 0.675. The summed E-state index contributed by atoms with van der Waals surface area (Å²) in [5.41, 5.74) is 8.49. The minimum atomic E-state index is -0.388. The Labute approximate surface area is 165 Å². The van der Waals surface area contributed by atoms with Crippen molar-refractivity contribution in [3.05, 3.63) is 41.3 Å². The van der Waals surface area contributed by atoms with E-state index in [-0.39, 0.29) is 42.9 Å². The lowest BCUT2D eigenvalue weighted by Gasteiger charge is -2.12. The number of amides is 1. The van der Waals surface area contributed by atoms with Gasteiger partial charge in [0.2, 0.25) is 5.91 Å². The van der Waals surface area contributed by atoms with E-state index < -0.39 is 0 Å². The molecule has 0 spiro atoms. The van der Waals surface area contributed by atoms with Crippen LogP contribution in [-0.2, 0) is 16.1 Å². The van der Waals surface area contributed by atoms with Crippen LogP contribution in [0.5, 0.6) is 0 Å². The molecule has 2 aromatic heterocycles. The minimum absolute atomic E-state index is 0. The summed E-state index contributed by atoms with van der Waals surface area (Å²) in [6, 6.07) is 5.85. The predicted molar refractivity (Wildman–Crippen MR) is 104 cm³/mol. The molecule has 2 aromatic rings. The van der Waals surface area contributed by atoms with Crippen LogP contribution in [0.15, 0.2) is 24.4 Å². The first-order valence-electron chi connectivity index (χ1n) is 8.18. The lowest BCUT2D eigenvalue weighted by atomic mass is 10.2. The van der Waals surface area contributed by atoms with Crippen LogP contribution in [0.4, 0.5) is 0 Å². The molecule has 3 heterocycles. The van der Waals surface area contributed by atoms with Crippen LogP contribution in [0.3, 0.4) is 0 Å². The number of aromatic nitrogens is 3. The average molecular weight is 402 g/mol. The van der Waals surface area contributed by atoms with Crippen LogP contribution in [0.2, 0.25) is 0 Å². The lowest BCUT2D eigenvalue weighted by molar-refractivity contribution is -0.132. The first-order valence-corrected chi connectivity index (χ1v) is 8.18. The normalized spacial score (nSPS) is 18.7. The van der Waals surface area contributed by atoms with Gasteiger partial charge in [-0.3, -0.25) is 4.79 Å². The third-order valence-electron chi connectivity index (χ3n) is 4.17. The van der Waals surface area contributed by atoms with Crippen molar-refractivity contribution in [1.29, 1.82) is 0 Å². The Morgan fingerprint density at radius 2 is 2.12 bits per heavy atom. The van der Waals surface area contributed by atoms with Gasteiger partial charge in [0.1, 0.15) is 6.10 Å². The van der Waals surface area contributed by atoms with E-state index in [2.05, 4.69) is 15.4 Å². The maximum absolute atomic E-state index is 12.1. The van der Waals surface area contributed by atoms with Crippen LogP contribution in [-0.4, -0.2) is 39.4 Å². The standard InChI is InChI=1S/C17H23N5O2.2ClH/c1-11-7-12(2)22(21-11)16-6-3-13(9-19-16)10-20-17(23)15-5-4-14(8-18)24-15;;/h3,6-7,9,14-15H,4-5,8,10,18H2,1-2H3,(H,20,23);2*1H/t14-,15+;;/m1../s1. The fourth-order valence-corrected chi connectivity index (χ4v) is 2.88. The summed E-state index contributed by atoms with van der Waals surface area (Å²) in [6.07, 6.45) is 2.93. The molecule has 26 heavy (non-hydrogen) atoms. The van der Waals surface area contributed by atoms with Crippen molar-refractivity contribution in [3.8, 4) is 5.82 Å². The Hall–Kier alpha value is -1.67. The zero-order valence-corrected chi connectivity index (χ0v) is 16.5. The topological polar surface area (TPSA) is 95.1 Å². The second-order valence-electron chi connectivity index (χ2n) is 6.14. The largest absolute Gasteiger partial charge is 0.364 e. The molecule has 3 N–H and O–H groups in total.